The van der Waals surface area contributed by atoms with Crippen LogP contribution in [0.25, 0.3) is 11.2 Å². The van der Waals surface area contributed by atoms with Crippen molar-refractivity contribution in [3.05, 3.63) is 46.4 Å². The number of ether oxygens (including phenoxy) is 2. The van der Waals surface area contributed by atoms with Gasteiger partial charge in [0.15, 0.2) is 11.5 Å². The van der Waals surface area contributed by atoms with Crippen LogP contribution < -0.4 is 16.2 Å². The number of imidazole rings is 1. The van der Waals surface area contributed by atoms with Crippen molar-refractivity contribution in [2.24, 2.45) is 0 Å². The lowest BCUT2D eigenvalue weighted by molar-refractivity contribution is -0.132. The summed E-state index contributed by atoms with van der Waals surface area (Å²) in [7, 11) is 1.58. The molecule has 1 amide bonds. The highest BCUT2D eigenvalue weighted by Crippen LogP contribution is 2.18. The molecular weight excluding hydrogens is 424 g/mol. The van der Waals surface area contributed by atoms with Crippen LogP contribution in [0.1, 0.15) is 38.2 Å². The van der Waals surface area contributed by atoms with Crippen molar-refractivity contribution < 1.29 is 14.3 Å². The molecule has 2 heterocycles. The summed E-state index contributed by atoms with van der Waals surface area (Å²) < 4.78 is 12.2. The molecule has 33 heavy (non-hydrogen) atoms. The second kappa shape index (κ2) is 12.0. The molecule has 10 heteroatoms. The lowest BCUT2D eigenvalue weighted by atomic mass is 10.2. The first-order chi connectivity index (χ1) is 16.0. The number of nitrogens with one attached hydrogen (secondary N) is 1. The van der Waals surface area contributed by atoms with Crippen molar-refractivity contribution in [1.29, 1.82) is 0 Å². The van der Waals surface area contributed by atoms with Gasteiger partial charge in [-0.05, 0) is 18.4 Å². The van der Waals surface area contributed by atoms with Crippen LogP contribution in [0.2, 0.25) is 0 Å². The first kappa shape index (κ1) is 24.2. The molecule has 0 saturated heterocycles. The number of unbranched alkanes of at least 4 members (excludes halogenated alkanes) is 1. The van der Waals surface area contributed by atoms with E-state index in [1.54, 1.807) is 12.0 Å². The number of aryl methyl sites for hydroxylation is 1. The topological polar surface area (TPSA) is 128 Å². The summed E-state index contributed by atoms with van der Waals surface area (Å²) in [4.78, 5) is 38.3. The number of nitrogens with zero attached hydrogens (tertiary/aromatic N) is 4. The van der Waals surface area contributed by atoms with E-state index in [2.05, 4.69) is 21.9 Å². The smallest absolute Gasteiger partial charge is 0.327 e. The van der Waals surface area contributed by atoms with E-state index in [-0.39, 0.29) is 23.4 Å². The number of benzene rings is 1. The Hall–Kier alpha value is -3.40. The molecule has 0 unspecified atom stereocenters. The van der Waals surface area contributed by atoms with Gasteiger partial charge >= 0.3 is 11.7 Å². The van der Waals surface area contributed by atoms with Crippen LogP contribution in [0.15, 0.2) is 35.1 Å². The molecule has 0 bridgehead atoms. The summed E-state index contributed by atoms with van der Waals surface area (Å²) >= 11 is 0. The Morgan fingerprint density at radius 2 is 1.97 bits per heavy atom. The molecule has 0 saturated carbocycles. The van der Waals surface area contributed by atoms with Crippen molar-refractivity contribution >= 4 is 22.9 Å². The monoisotopic (exact) mass is 456 g/mol. The number of hydrogen-bond acceptors (Lipinski definition) is 7. The maximum Gasteiger partial charge on any atom is 0.327 e. The maximum atomic E-state index is 12.7. The van der Waals surface area contributed by atoms with E-state index in [4.69, 9.17) is 15.2 Å². The van der Waals surface area contributed by atoms with E-state index < -0.39 is 0 Å². The zero-order chi connectivity index (χ0) is 23.6. The number of nitrogen functional groups attached to an aromatic ring is 1. The van der Waals surface area contributed by atoms with Gasteiger partial charge in [0.05, 0.1) is 19.6 Å². The van der Waals surface area contributed by atoms with Crippen LogP contribution in [0, 0.1) is 0 Å². The fraction of sp³-hybridized carbons (Fsp3) is 0.478. The lowest BCUT2D eigenvalue weighted by Crippen LogP contribution is -2.33. The van der Waals surface area contributed by atoms with E-state index in [9.17, 15) is 9.59 Å². The summed E-state index contributed by atoms with van der Waals surface area (Å²) in [6.45, 7) is 4.25. The number of H-pyrrole nitrogens is 1. The van der Waals surface area contributed by atoms with Crippen LogP contribution in [0.3, 0.4) is 0 Å². The third-order valence-electron chi connectivity index (χ3n) is 5.26. The number of carbonyl (C=O) groups excluding carboxylic acids is 1. The molecule has 1 aromatic carbocycles. The van der Waals surface area contributed by atoms with Gasteiger partial charge in [-0.1, -0.05) is 43.7 Å². The molecule has 0 fully saturated rings. The Morgan fingerprint density at radius 1 is 1.18 bits per heavy atom. The van der Waals surface area contributed by atoms with Crippen LogP contribution in [-0.4, -0.2) is 57.2 Å². The summed E-state index contributed by atoms with van der Waals surface area (Å²) in [6, 6.07) is 9.96. The van der Waals surface area contributed by atoms with E-state index >= 15 is 0 Å². The molecule has 0 aliphatic rings. The van der Waals surface area contributed by atoms with Crippen molar-refractivity contribution in [3.8, 4) is 6.01 Å². The maximum absolute atomic E-state index is 12.7. The SMILES string of the molecule is CCCCOc1nc(N)c2[nH]c(=O)n(CCCN(Cc3ccccc3)C(=O)CCOC)c2n1. The van der Waals surface area contributed by atoms with Crippen molar-refractivity contribution in [3.63, 3.8) is 0 Å². The number of anilines is 1. The fourth-order valence-electron chi connectivity index (χ4n) is 3.47. The average molecular weight is 457 g/mol. The fourth-order valence-corrected chi connectivity index (χ4v) is 3.47. The summed E-state index contributed by atoms with van der Waals surface area (Å²) in [5, 5.41) is 0. The van der Waals surface area contributed by atoms with Gasteiger partial charge in [-0.25, -0.2) is 4.79 Å². The molecule has 0 radical (unpaired) electrons. The first-order valence-electron chi connectivity index (χ1n) is 11.2. The zero-order valence-electron chi connectivity index (χ0n) is 19.2. The quantitative estimate of drug-likeness (QED) is 0.378. The Kier molecular flexibility index (Phi) is 8.82. The number of carbonyl (C=O) groups is 1. The Bertz CT molecular complexity index is 1100. The van der Waals surface area contributed by atoms with Gasteiger partial charge < -0.3 is 25.1 Å². The number of amides is 1. The predicted molar refractivity (Wildman–Crippen MR) is 126 cm³/mol. The van der Waals surface area contributed by atoms with Crippen molar-refractivity contribution in [2.45, 2.75) is 45.7 Å². The minimum Gasteiger partial charge on any atom is -0.463 e. The Balaban J connectivity index is 1.73. The van der Waals surface area contributed by atoms with Crippen molar-refractivity contribution in [1.82, 2.24) is 24.4 Å². The summed E-state index contributed by atoms with van der Waals surface area (Å²) in [6.07, 6.45) is 2.72. The normalized spacial score (nSPS) is 11.1. The van der Waals surface area contributed by atoms with Gasteiger partial charge in [0.2, 0.25) is 5.91 Å². The van der Waals surface area contributed by atoms with E-state index in [0.29, 0.717) is 56.9 Å². The highest BCUT2D eigenvalue weighted by molar-refractivity contribution is 5.81. The minimum atomic E-state index is -0.322. The lowest BCUT2D eigenvalue weighted by Gasteiger charge is -2.23. The number of aromatic nitrogens is 4. The molecule has 0 atom stereocenters. The molecule has 178 valence electrons. The van der Waals surface area contributed by atoms with Gasteiger partial charge in [-0.2, -0.15) is 9.97 Å². The molecule has 2 aromatic heterocycles. The van der Waals surface area contributed by atoms with E-state index in [0.717, 1.165) is 18.4 Å². The third-order valence-corrected chi connectivity index (χ3v) is 5.26. The number of methoxy groups -OCH3 is 1. The third kappa shape index (κ3) is 6.55. The van der Waals surface area contributed by atoms with Gasteiger partial charge in [0, 0.05) is 26.7 Å². The highest BCUT2D eigenvalue weighted by Gasteiger charge is 2.17. The average Bonchev–Trinajstić information content (AvgIpc) is 3.13. The summed E-state index contributed by atoms with van der Waals surface area (Å²) in [5.74, 6) is 0.174. The van der Waals surface area contributed by atoms with Crippen LogP contribution in [-0.2, 0) is 22.6 Å². The molecule has 0 aliphatic carbocycles. The highest BCUT2D eigenvalue weighted by atomic mass is 16.5. The minimum absolute atomic E-state index is 0.00477. The van der Waals surface area contributed by atoms with Gasteiger partial charge in [0.25, 0.3) is 0 Å². The Morgan fingerprint density at radius 3 is 2.70 bits per heavy atom. The second-order valence-electron chi connectivity index (χ2n) is 7.77. The van der Waals surface area contributed by atoms with Gasteiger partial charge in [-0.15, -0.1) is 0 Å². The number of aromatic amines is 1. The number of hydrogen-bond donors (Lipinski definition) is 2. The molecule has 10 nitrogen and oxygen atoms in total. The molecule has 3 N–H and O–H groups in total. The first-order valence-corrected chi connectivity index (χ1v) is 11.2. The summed E-state index contributed by atoms with van der Waals surface area (Å²) in [5.41, 5.74) is 7.53. The number of nitrogens with two attached hydrogens (primary N) is 1. The molecular formula is C23H32N6O4. The zero-order valence-corrected chi connectivity index (χ0v) is 19.2. The van der Waals surface area contributed by atoms with Crippen molar-refractivity contribution in [2.75, 3.05) is 32.6 Å². The van der Waals surface area contributed by atoms with Crippen LogP contribution in [0.5, 0.6) is 6.01 Å². The second-order valence-corrected chi connectivity index (χ2v) is 7.77. The molecule has 3 rings (SSSR count). The van der Waals surface area contributed by atoms with Crippen LogP contribution in [0.4, 0.5) is 5.82 Å². The van der Waals surface area contributed by atoms with Gasteiger partial charge in [0.1, 0.15) is 5.52 Å². The Labute approximate surface area is 192 Å². The standard InChI is InChI=1S/C23H32N6O4/c1-3-4-14-33-22-26-20(24)19-21(27-22)29(23(31)25-19)13-8-12-28(18(30)11-15-32-2)16-17-9-6-5-7-10-17/h5-7,9-10H,3-4,8,11-16H2,1-2H3,(H,25,31)(H2,24,26,27). The molecule has 0 spiro atoms. The number of fused-ring (bicyclic) bond motifs is 1. The van der Waals surface area contributed by atoms with E-state index in [1.165, 1.54) is 4.57 Å². The predicted octanol–water partition coefficient (Wildman–Crippen LogP) is 2.34. The van der Waals surface area contributed by atoms with Gasteiger partial charge in [-0.3, -0.25) is 9.36 Å². The van der Waals surface area contributed by atoms with E-state index in [1.807, 2.05) is 30.3 Å². The largest absolute Gasteiger partial charge is 0.463 e. The molecule has 3 aromatic rings. The van der Waals surface area contributed by atoms with Crippen LogP contribution >= 0.6 is 0 Å². The number of rotatable bonds is 13. The molecule has 0 aliphatic heterocycles.